The molecule has 196 valence electrons. The molecule has 1 aliphatic rings. The van der Waals surface area contributed by atoms with Crippen LogP contribution < -0.4 is 29.6 Å². The van der Waals surface area contributed by atoms with Gasteiger partial charge in [0.15, 0.2) is 23.1 Å². The molecule has 0 unspecified atom stereocenters. The van der Waals surface area contributed by atoms with Gasteiger partial charge in [-0.3, -0.25) is 0 Å². The minimum atomic E-state index is -0.724. The summed E-state index contributed by atoms with van der Waals surface area (Å²) in [6.07, 6.45) is 1.30. The van der Waals surface area contributed by atoms with Gasteiger partial charge in [0.1, 0.15) is 30.7 Å². The maximum atomic E-state index is 15.0. The summed E-state index contributed by atoms with van der Waals surface area (Å²) in [4.78, 5) is 20.9. The smallest absolute Gasteiger partial charge is 0.319 e. The van der Waals surface area contributed by atoms with Gasteiger partial charge in [-0.2, -0.15) is 0 Å². The van der Waals surface area contributed by atoms with Crippen LogP contribution in [-0.2, 0) is 0 Å². The molecule has 5 rings (SSSR count). The van der Waals surface area contributed by atoms with Gasteiger partial charge in [-0.15, -0.1) is 0 Å². The van der Waals surface area contributed by atoms with Gasteiger partial charge in [-0.1, -0.05) is 12.1 Å². The highest BCUT2D eigenvalue weighted by molar-refractivity contribution is 5.94. The molecule has 1 aliphatic heterocycles. The summed E-state index contributed by atoms with van der Waals surface area (Å²) in [6.45, 7) is 4.68. The normalized spacial score (nSPS) is 13.1. The molecule has 9 nitrogen and oxygen atoms in total. The molecule has 2 amide bonds. The Bertz CT molecular complexity index is 1480. The van der Waals surface area contributed by atoms with Crippen molar-refractivity contribution in [2.75, 3.05) is 25.1 Å². The van der Waals surface area contributed by atoms with Crippen LogP contribution in [0.4, 0.5) is 19.3 Å². The lowest BCUT2D eigenvalue weighted by Gasteiger charge is -2.23. The van der Waals surface area contributed by atoms with Crippen LogP contribution in [0.1, 0.15) is 25.5 Å². The molecule has 38 heavy (non-hydrogen) atoms. The quantitative estimate of drug-likeness (QED) is 0.318. The predicted octanol–water partition coefficient (Wildman–Crippen LogP) is 5.75. The van der Waals surface area contributed by atoms with Crippen LogP contribution in [0, 0.1) is 11.6 Å². The van der Waals surface area contributed by atoms with Gasteiger partial charge in [0.05, 0.1) is 18.2 Å². The second-order valence-electron chi connectivity index (χ2n) is 8.35. The number of rotatable bonds is 7. The van der Waals surface area contributed by atoms with Crippen LogP contribution in [-0.4, -0.2) is 35.8 Å². The third-order valence-corrected chi connectivity index (χ3v) is 5.76. The Morgan fingerprint density at radius 2 is 1.79 bits per heavy atom. The number of nitrogens with zero attached hydrogens (tertiary/aromatic N) is 2. The molecular formula is C27H24F2N4O5. The first-order valence-corrected chi connectivity index (χ1v) is 11.9. The summed E-state index contributed by atoms with van der Waals surface area (Å²) in [6, 6.07) is 10.5. The lowest BCUT2D eigenvalue weighted by atomic mass is 10.1. The summed E-state index contributed by atoms with van der Waals surface area (Å²) < 4.78 is 51.2. The number of hydrogen-bond acceptors (Lipinski definition) is 7. The Morgan fingerprint density at radius 3 is 2.53 bits per heavy atom. The molecule has 0 saturated heterocycles. The van der Waals surface area contributed by atoms with E-state index in [-0.39, 0.29) is 23.1 Å². The highest BCUT2D eigenvalue weighted by Gasteiger charge is 2.25. The molecular weight excluding hydrogens is 498 g/mol. The van der Waals surface area contributed by atoms with Gasteiger partial charge in [-0.25, -0.2) is 23.5 Å². The lowest BCUT2D eigenvalue weighted by molar-refractivity contribution is 0.165. The second kappa shape index (κ2) is 10.8. The Kier molecular flexibility index (Phi) is 7.07. The van der Waals surface area contributed by atoms with Crippen molar-refractivity contribution in [1.82, 2.24) is 15.3 Å². The minimum Gasteiger partial charge on any atom is -0.490 e. The standard InChI is InChI=1S/C27H24F2N4O5/c1-3-35-22-13-20-23(25-24(22)36-10-11-37-25)26(31-14-30-20)38-21-9-8-18(12-19(21)29)33-27(34)32-15(2)16-4-6-17(28)7-5-16/h4-9,12-15H,3,10-11H2,1-2H3,(H2,32,33,34)/t15-/m1/s1. The van der Waals surface area contributed by atoms with Gasteiger partial charge in [0.2, 0.25) is 11.6 Å². The highest BCUT2D eigenvalue weighted by Crippen LogP contribution is 2.48. The van der Waals surface area contributed by atoms with Crippen LogP contribution in [0.2, 0.25) is 0 Å². The lowest BCUT2D eigenvalue weighted by Crippen LogP contribution is -2.31. The maximum Gasteiger partial charge on any atom is 0.319 e. The zero-order valence-corrected chi connectivity index (χ0v) is 20.6. The molecule has 0 fully saturated rings. The summed E-state index contributed by atoms with van der Waals surface area (Å²) in [5, 5.41) is 5.72. The van der Waals surface area contributed by atoms with Crippen molar-refractivity contribution >= 4 is 22.6 Å². The average molecular weight is 523 g/mol. The van der Waals surface area contributed by atoms with Crippen LogP contribution in [0.15, 0.2) is 54.9 Å². The average Bonchev–Trinajstić information content (AvgIpc) is 2.91. The highest BCUT2D eigenvalue weighted by atomic mass is 19.1. The van der Waals surface area contributed by atoms with Crippen LogP contribution in [0.25, 0.3) is 10.9 Å². The molecule has 0 radical (unpaired) electrons. The predicted molar refractivity (Wildman–Crippen MR) is 135 cm³/mol. The van der Waals surface area contributed by atoms with Crippen LogP contribution in [0.3, 0.4) is 0 Å². The molecule has 1 atom stereocenters. The van der Waals surface area contributed by atoms with E-state index in [2.05, 4.69) is 20.6 Å². The van der Waals surface area contributed by atoms with Crippen molar-refractivity contribution in [2.45, 2.75) is 19.9 Å². The summed E-state index contributed by atoms with van der Waals surface area (Å²) >= 11 is 0. The van der Waals surface area contributed by atoms with E-state index < -0.39 is 17.9 Å². The first kappa shape index (κ1) is 25.0. The van der Waals surface area contributed by atoms with Gasteiger partial charge in [0.25, 0.3) is 0 Å². The molecule has 0 saturated carbocycles. The van der Waals surface area contributed by atoms with E-state index in [0.717, 1.165) is 11.6 Å². The zero-order chi connectivity index (χ0) is 26.6. The summed E-state index contributed by atoms with van der Waals surface area (Å²) in [5.41, 5.74) is 1.41. The monoisotopic (exact) mass is 522 g/mol. The Balaban J connectivity index is 1.34. The SMILES string of the molecule is CCOc1cc2ncnc(Oc3ccc(NC(=O)N[C@H](C)c4ccc(F)cc4)cc3F)c2c2c1OCCO2. The van der Waals surface area contributed by atoms with E-state index in [1.54, 1.807) is 25.1 Å². The van der Waals surface area contributed by atoms with Crippen molar-refractivity contribution < 1.29 is 32.5 Å². The van der Waals surface area contributed by atoms with Crippen molar-refractivity contribution in [3.8, 4) is 28.9 Å². The summed E-state index contributed by atoms with van der Waals surface area (Å²) in [7, 11) is 0. The van der Waals surface area contributed by atoms with Gasteiger partial charge < -0.3 is 29.6 Å². The van der Waals surface area contributed by atoms with Crippen LogP contribution in [0.5, 0.6) is 28.9 Å². The Labute approximate surface area is 216 Å². The van der Waals surface area contributed by atoms with E-state index in [1.807, 2.05) is 6.92 Å². The number of aromatic nitrogens is 2. The Hall–Kier alpha value is -4.67. The largest absolute Gasteiger partial charge is 0.490 e. The number of nitrogens with one attached hydrogen (secondary N) is 2. The topological polar surface area (TPSA) is 104 Å². The molecule has 0 bridgehead atoms. The van der Waals surface area contributed by atoms with Gasteiger partial charge >= 0.3 is 6.03 Å². The third kappa shape index (κ3) is 5.22. The van der Waals surface area contributed by atoms with E-state index in [9.17, 15) is 9.18 Å². The minimum absolute atomic E-state index is 0.0743. The molecule has 4 aromatic rings. The van der Waals surface area contributed by atoms with Gasteiger partial charge in [-0.05, 0) is 43.7 Å². The maximum absolute atomic E-state index is 15.0. The molecule has 0 spiro atoms. The third-order valence-electron chi connectivity index (χ3n) is 5.76. The second-order valence-corrected chi connectivity index (χ2v) is 8.35. The van der Waals surface area contributed by atoms with E-state index in [0.29, 0.717) is 48.0 Å². The first-order chi connectivity index (χ1) is 18.4. The van der Waals surface area contributed by atoms with Crippen LogP contribution >= 0.6 is 0 Å². The molecule has 11 heteroatoms. The molecule has 0 aliphatic carbocycles. The number of benzene rings is 3. The number of urea groups is 1. The number of ether oxygens (including phenoxy) is 4. The van der Waals surface area contributed by atoms with Gasteiger partial charge in [0, 0.05) is 17.8 Å². The van der Waals surface area contributed by atoms with Crippen molar-refractivity contribution in [1.29, 1.82) is 0 Å². The van der Waals surface area contributed by atoms with E-state index >= 15 is 4.39 Å². The fraction of sp³-hybridized carbons (Fsp3) is 0.222. The first-order valence-electron chi connectivity index (χ1n) is 11.9. The molecule has 2 heterocycles. The number of carbonyl (C=O) groups is 1. The molecule has 2 N–H and O–H groups in total. The fourth-order valence-electron chi connectivity index (χ4n) is 3.99. The number of hydrogen-bond donors (Lipinski definition) is 2. The number of amides is 2. The van der Waals surface area contributed by atoms with Crippen molar-refractivity contribution in [3.05, 3.63) is 72.1 Å². The number of anilines is 1. The Morgan fingerprint density at radius 1 is 1.03 bits per heavy atom. The number of fused-ring (bicyclic) bond motifs is 3. The number of halogens is 2. The van der Waals surface area contributed by atoms with E-state index in [1.165, 1.54) is 30.6 Å². The fourth-order valence-corrected chi connectivity index (χ4v) is 3.99. The van der Waals surface area contributed by atoms with Crippen molar-refractivity contribution in [3.63, 3.8) is 0 Å². The van der Waals surface area contributed by atoms with E-state index in [4.69, 9.17) is 18.9 Å². The zero-order valence-electron chi connectivity index (χ0n) is 20.6. The number of carbonyl (C=O) groups excluding carboxylic acids is 1. The molecule has 1 aromatic heterocycles. The van der Waals surface area contributed by atoms with Crippen molar-refractivity contribution in [2.24, 2.45) is 0 Å². The summed E-state index contributed by atoms with van der Waals surface area (Å²) in [5.74, 6) is 0.116. The molecule has 3 aromatic carbocycles.